The molecule has 3 aromatic carbocycles. The van der Waals surface area contributed by atoms with Gasteiger partial charge < -0.3 is 9.04 Å². The molecule has 2 amide bonds. The third-order valence-electron chi connectivity index (χ3n) is 5.25. The molecule has 0 radical (unpaired) electrons. The monoisotopic (exact) mass is 468 g/mol. The lowest BCUT2D eigenvalue weighted by Crippen LogP contribution is -2.43. The van der Waals surface area contributed by atoms with Crippen LogP contribution >= 0.6 is 0 Å². The number of benzene rings is 3. The molecule has 0 spiro atoms. The Balaban J connectivity index is 0.000000235. The molecule has 0 aromatic heterocycles. The van der Waals surface area contributed by atoms with Gasteiger partial charge in [0.05, 0.1) is 43.6 Å². The first-order chi connectivity index (χ1) is 15.5. The predicted octanol–water partition coefficient (Wildman–Crippen LogP) is 3.26. The lowest BCUT2D eigenvalue weighted by Gasteiger charge is -2.29. The Bertz CT molecular complexity index is 1210. The number of carbonyl (C=O) groups is 2. The van der Waals surface area contributed by atoms with Crippen molar-refractivity contribution >= 4 is 32.7 Å². The lowest BCUT2D eigenvalue weighted by atomic mass is 9.94. The van der Waals surface area contributed by atoms with E-state index in [0.717, 1.165) is 28.2 Å². The number of carbonyl (C=O) groups excluding carboxylic acids is 2. The number of quaternary nitrogens is 1. The zero-order chi connectivity index (χ0) is 24.2. The van der Waals surface area contributed by atoms with Crippen molar-refractivity contribution in [1.82, 2.24) is 4.90 Å². The number of hydrogen-bond donors (Lipinski definition) is 0. The summed E-state index contributed by atoms with van der Waals surface area (Å²) in [7, 11) is 2.19. The van der Waals surface area contributed by atoms with Gasteiger partial charge in [-0.1, -0.05) is 54.6 Å². The molecular formula is C25H28N2O5S. The summed E-state index contributed by atoms with van der Waals surface area (Å²) in [6.45, 7) is 1.39. The summed E-state index contributed by atoms with van der Waals surface area (Å²) in [5, 5.41) is 1.74. The highest BCUT2D eigenvalue weighted by molar-refractivity contribution is 7.84. The van der Waals surface area contributed by atoms with Gasteiger partial charge >= 0.3 is 0 Å². The van der Waals surface area contributed by atoms with Crippen molar-refractivity contribution in [2.75, 3.05) is 34.2 Å². The Morgan fingerprint density at radius 2 is 1.36 bits per heavy atom. The van der Waals surface area contributed by atoms with Crippen LogP contribution in [0.3, 0.4) is 0 Å². The fourth-order valence-electron chi connectivity index (χ4n) is 3.77. The van der Waals surface area contributed by atoms with E-state index in [2.05, 4.69) is 21.1 Å². The SMILES string of the molecule is C[N+](C)(C)CCCN1C(=O)c2cccc3cccc(c23)C1=O.O=S(=O)([O-])Cc1ccccc1. The van der Waals surface area contributed by atoms with Crippen LogP contribution in [0.5, 0.6) is 0 Å². The van der Waals surface area contributed by atoms with Crippen LogP contribution in [0.4, 0.5) is 0 Å². The Morgan fingerprint density at radius 3 is 1.85 bits per heavy atom. The highest BCUT2D eigenvalue weighted by Crippen LogP contribution is 2.29. The molecule has 0 saturated heterocycles. The highest BCUT2D eigenvalue weighted by atomic mass is 32.2. The highest BCUT2D eigenvalue weighted by Gasteiger charge is 2.32. The second kappa shape index (κ2) is 9.82. The molecule has 174 valence electrons. The van der Waals surface area contributed by atoms with Gasteiger partial charge in [-0.2, -0.15) is 0 Å². The molecule has 1 aliphatic heterocycles. The maximum absolute atomic E-state index is 12.7. The molecule has 7 nitrogen and oxygen atoms in total. The standard InChI is InChI=1S/C18H21N2O2.C7H8O3S/c1-20(2,3)12-6-11-19-17(21)14-9-4-7-13-8-5-10-15(16(13)14)18(19)22;8-11(9,10)6-7-4-2-1-3-5-7/h4-5,7-10H,6,11-12H2,1-3H3;1-5H,6H2,(H,8,9,10)/q+1;/p-1. The molecule has 4 rings (SSSR count). The van der Waals surface area contributed by atoms with Crippen LogP contribution in [0.1, 0.15) is 32.7 Å². The number of nitrogens with zero attached hydrogens (tertiary/aromatic N) is 2. The maximum atomic E-state index is 12.7. The van der Waals surface area contributed by atoms with Crippen LogP contribution in [0, 0.1) is 0 Å². The minimum Gasteiger partial charge on any atom is -0.748 e. The largest absolute Gasteiger partial charge is 0.748 e. The van der Waals surface area contributed by atoms with Gasteiger partial charge in [0, 0.05) is 29.5 Å². The summed E-state index contributed by atoms with van der Waals surface area (Å²) in [5.41, 5.74) is 1.80. The third kappa shape index (κ3) is 6.47. The molecule has 0 fully saturated rings. The van der Waals surface area contributed by atoms with Crippen LogP contribution < -0.4 is 0 Å². The minimum atomic E-state index is -4.13. The van der Waals surface area contributed by atoms with Gasteiger partial charge in [-0.25, -0.2) is 8.42 Å². The summed E-state index contributed by atoms with van der Waals surface area (Å²) in [4.78, 5) is 26.7. The van der Waals surface area contributed by atoms with Crippen LogP contribution in [0.2, 0.25) is 0 Å². The Kier molecular flexibility index (Phi) is 7.31. The van der Waals surface area contributed by atoms with E-state index in [0.29, 0.717) is 23.2 Å². The Labute approximate surface area is 194 Å². The molecule has 0 aliphatic carbocycles. The van der Waals surface area contributed by atoms with E-state index in [-0.39, 0.29) is 11.8 Å². The first-order valence-electron chi connectivity index (χ1n) is 10.6. The van der Waals surface area contributed by atoms with Gasteiger partial charge in [0.2, 0.25) is 0 Å². The number of hydrogen-bond acceptors (Lipinski definition) is 5. The molecule has 0 unspecified atom stereocenters. The number of rotatable bonds is 6. The van der Waals surface area contributed by atoms with Crippen molar-refractivity contribution in [3.05, 3.63) is 83.4 Å². The fourth-order valence-corrected chi connectivity index (χ4v) is 4.37. The van der Waals surface area contributed by atoms with E-state index in [1.807, 2.05) is 36.4 Å². The minimum absolute atomic E-state index is 0.171. The quantitative estimate of drug-likeness (QED) is 0.314. The molecule has 0 bridgehead atoms. The number of amides is 2. The number of imide groups is 1. The van der Waals surface area contributed by atoms with Crippen molar-refractivity contribution in [1.29, 1.82) is 0 Å². The summed E-state index contributed by atoms with van der Waals surface area (Å²) in [5.74, 6) is -0.764. The zero-order valence-electron chi connectivity index (χ0n) is 19.0. The summed E-state index contributed by atoms with van der Waals surface area (Å²) >= 11 is 0. The van der Waals surface area contributed by atoms with Crippen LogP contribution in [0.15, 0.2) is 66.7 Å². The van der Waals surface area contributed by atoms with Gasteiger partial charge in [-0.15, -0.1) is 0 Å². The van der Waals surface area contributed by atoms with Crippen molar-refractivity contribution in [2.45, 2.75) is 12.2 Å². The van der Waals surface area contributed by atoms with E-state index in [1.54, 1.807) is 30.3 Å². The fraction of sp³-hybridized carbons (Fsp3) is 0.280. The van der Waals surface area contributed by atoms with Crippen molar-refractivity contribution in [3.8, 4) is 0 Å². The van der Waals surface area contributed by atoms with Gasteiger partial charge in [-0.3, -0.25) is 14.5 Å². The average molecular weight is 469 g/mol. The average Bonchev–Trinajstić information content (AvgIpc) is 2.73. The van der Waals surface area contributed by atoms with E-state index >= 15 is 0 Å². The topological polar surface area (TPSA) is 94.6 Å². The van der Waals surface area contributed by atoms with Crippen LogP contribution in [-0.4, -0.2) is 68.4 Å². The predicted molar refractivity (Wildman–Crippen MR) is 127 cm³/mol. The van der Waals surface area contributed by atoms with Crippen LogP contribution in [0.25, 0.3) is 10.8 Å². The van der Waals surface area contributed by atoms with Crippen molar-refractivity contribution in [3.63, 3.8) is 0 Å². The molecule has 1 heterocycles. The summed E-state index contributed by atoms with van der Waals surface area (Å²) in [6, 6.07) is 19.6. The maximum Gasteiger partial charge on any atom is 0.261 e. The molecule has 33 heavy (non-hydrogen) atoms. The normalized spacial score (nSPS) is 13.6. The molecule has 8 heteroatoms. The van der Waals surface area contributed by atoms with Crippen molar-refractivity contribution < 1.29 is 27.0 Å². The molecule has 0 saturated carbocycles. The van der Waals surface area contributed by atoms with Gasteiger partial charge in [0.25, 0.3) is 11.8 Å². The van der Waals surface area contributed by atoms with E-state index in [4.69, 9.17) is 0 Å². The first kappa shape index (κ1) is 24.6. The van der Waals surface area contributed by atoms with Crippen molar-refractivity contribution in [2.24, 2.45) is 0 Å². The van der Waals surface area contributed by atoms with Gasteiger partial charge in [0.1, 0.15) is 0 Å². The smallest absolute Gasteiger partial charge is 0.261 e. The molecule has 0 atom stereocenters. The second-order valence-electron chi connectivity index (χ2n) is 9.03. The molecule has 0 N–H and O–H groups in total. The van der Waals surface area contributed by atoms with E-state index in [9.17, 15) is 22.6 Å². The Hall–Kier alpha value is -3.07. The summed E-state index contributed by atoms with van der Waals surface area (Å²) < 4.78 is 31.6. The van der Waals surface area contributed by atoms with E-state index < -0.39 is 15.9 Å². The first-order valence-corrected chi connectivity index (χ1v) is 12.2. The summed E-state index contributed by atoms with van der Waals surface area (Å²) in [6.07, 6.45) is 0.805. The lowest BCUT2D eigenvalue weighted by molar-refractivity contribution is -0.870. The molecular weight excluding hydrogens is 440 g/mol. The third-order valence-corrected chi connectivity index (χ3v) is 5.94. The second-order valence-corrected chi connectivity index (χ2v) is 10.4. The molecule has 1 aliphatic rings. The van der Waals surface area contributed by atoms with E-state index in [1.165, 1.54) is 4.90 Å². The molecule has 3 aromatic rings. The van der Waals surface area contributed by atoms with Crippen LogP contribution in [-0.2, 0) is 15.9 Å². The zero-order valence-corrected chi connectivity index (χ0v) is 19.8. The van der Waals surface area contributed by atoms with Gasteiger partial charge in [-0.05, 0) is 23.1 Å². The van der Waals surface area contributed by atoms with Gasteiger partial charge in [0.15, 0.2) is 0 Å². The Morgan fingerprint density at radius 1 is 0.818 bits per heavy atom.